The Kier molecular flexibility index (Phi) is 3.86. The van der Waals surface area contributed by atoms with Crippen molar-refractivity contribution in [2.75, 3.05) is 13.7 Å². The summed E-state index contributed by atoms with van der Waals surface area (Å²) in [6.45, 7) is 0.915. The number of rotatable bonds is 2. The first-order valence-corrected chi connectivity index (χ1v) is 8.76. The highest BCUT2D eigenvalue weighted by Gasteiger charge is 2.55. The van der Waals surface area contributed by atoms with E-state index in [4.69, 9.17) is 4.74 Å². The standard InChI is InChI=1S/C20H23F2NO/c1-24-17-5-3-2-4-16(17)19-18-14(12-20(19,21)22)7-6-13-8-10-23-11-9-15(13)18/h2-5,9,11,13-14,19,23H,6-8,10,12H2,1H3. The van der Waals surface area contributed by atoms with E-state index in [1.165, 1.54) is 0 Å². The molecule has 1 aromatic carbocycles. The first kappa shape index (κ1) is 15.7. The zero-order valence-electron chi connectivity index (χ0n) is 13.9. The third-order valence-corrected chi connectivity index (χ3v) is 5.80. The molecule has 1 saturated carbocycles. The first-order valence-electron chi connectivity index (χ1n) is 8.76. The molecule has 3 atom stereocenters. The lowest BCUT2D eigenvalue weighted by Gasteiger charge is -2.31. The van der Waals surface area contributed by atoms with Crippen LogP contribution in [0.25, 0.3) is 0 Å². The highest BCUT2D eigenvalue weighted by molar-refractivity contribution is 5.50. The van der Waals surface area contributed by atoms with Gasteiger partial charge in [0.25, 0.3) is 5.92 Å². The summed E-state index contributed by atoms with van der Waals surface area (Å²) in [7, 11) is 1.56. The van der Waals surface area contributed by atoms with Crippen LogP contribution < -0.4 is 10.1 Å². The minimum Gasteiger partial charge on any atom is -0.496 e. The lowest BCUT2D eigenvalue weighted by molar-refractivity contribution is -0.00992. The Balaban J connectivity index is 1.90. The van der Waals surface area contributed by atoms with Crippen molar-refractivity contribution < 1.29 is 13.5 Å². The number of allylic oxidation sites excluding steroid dienone is 3. The van der Waals surface area contributed by atoms with Gasteiger partial charge in [0.05, 0.1) is 13.0 Å². The summed E-state index contributed by atoms with van der Waals surface area (Å²) in [5, 5.41) is 3.25. The van der Waals surface area contributed by atoms with Crippen molar-refractivity contribution in [3.05, 3.63) is 53.3 Å². The van der Waals surface area contributed by atoms with Crippen molar-refractivity contribution in [2.24, 2.45) is 11.8 Å². The zero-order valence-corrected chi connectivity index (χ0v) is 13.9. The Morgan fingerprint density at radius 3 is 2.75 bits per heavy atom. The van der Waals surface area contributed by atoms with Gasteiger partial charge in [-0.1, -0.05) is 18.2 Å². The van der Waals surface area contributed by atoms with E-state index in [1.807, 2.05) is 24.4 Å². The van der Waals surface area contributed by atoms with Crippen LogP contribution in [0.4, 0.5) is 8.78 Å². The number of para-hydroxylation sites is 1. The molecule has 0 aromatic heterocycles. The van der Waals surface area contributed by atoms with E-state index >= 15 is 8.78 Å². The molecule has 1 aliphatic heterocycles. The van der Waals surface area contributed by atoms with Gasteiger partial charge in [0.1, 0.15) is 5.75 Å². The normalized spacial score (nSPS) is 31.0. The average Bonchev–Trinajstić information content (AvgIpc) is 2.73. The van der Waals surface area contributed by atoms with Gasteiger partial charge < -0.3 is 10.1 Å². The number of hydrogen-bond donors (Lipinski definition) is 1. The number of ether oxygens (including phenoxy) is 1. The Hall–Kier alpha value is -1.84. The fourth-order valence-electron chi connectivity index (χ4n) is 4.79. The molecule has 0 amide bonds. The summed E-state index contributed by atoms with van der Waals surface area (Å²) in [5.74, 6) is -2.63. The maximum Gasteiger partial charge on any atom is 0.259 e. The SMILES string of the molecule is COc1ccccc1C1C2=C3C=CNCCC3CCC2CC1(F)F. The van der Waals surface area contributed by atoms with Crippen LogP contribution in [0.1, 0.15) is 37.2 Å². The molecule has 1 N–H and O–H groups in total. The van der Waals surface area contributed by atoms with Crippen LogP contribution in [-0.4, -0.2) is 19.6 Å². The smallest absolute Gasteiger partial charge is 0.259 e. The molecule has 0 spiro atoms. The van der Waals surface area contributed by atoms with E-state index in [-0.39, 0.29) is 12.3 Å². The van der Waals surface area contributed by atoms with E-state index in [0.29, 0.717) is 17.2 Å². The fourth-order valence-corrected chi connectivity index (χ4v) is 4.79. The van der Waals surface area contributed by atoms with Gasteiger partial charge in [-0.3, -0.25) is 0 Å². The quantitative estimate of drug-likeness (QED) is 0.852. The first-order chi connectivity index (χ1) is 11.6. The van der Waals surface area contributed by atoms with Gasteiger partial charge in [-0.2, -0.15) is 0 Å². The Morgan fingerprint density at radius 1 is 1.12 bits per heavy atom. The van der Waals surface area contributed by atoms with Gasteiger partial charge in [-0.25, -0.2) is 8.78 Å². The van der Waals surface area contributed by atoms with Crippen LogP contribution in [0.5, 0.6) is 5.75 Å². The second-order valence-corrected chi connectivity index (χ2v) is 7.10. The molecule has 4 rings (SSSR count). The topological polar surface area (TPSA) is 21.3 Å². The number of methoxy groups -OCH3 is 1. The second-order valence-electron chi connectivity index (χ2n) is 7.10. The molecule has 0 saturated heterocycles. The molecule has 2 nitrogen and oxygen atoms in total. The van der Waals surface area contributed by atoms with Crippen LogP contribution in [0, 0.1) is 11.8 Å². The third kappa shape index (κ3) is 2.43. The molecule has 4 heteroatoms. The zero-order chi connectivity index (χ0) is 16.7. The number of fused-ring (bicyclic) bond motifs is 2. The molecule has 1 fully saturated rings. The van der Waals surface area contributed by atoms with Gasteiger partial charge in [0.15, 0.2) is 0 Å². The minimum atomic E-state index is -2.72. The monoisotopic (exact) mass is 331 g/mol. The predicted molar refractivity (Wildman–Crippen MR) is 90.3 cm³/mol. The van der Waals surface area contributed by atoms with E-state index < -0.39 is 11.8 Å². The molecule has 0 bridgehead atoms. The van der Waals surface area contributed by atoms with E-state index in [0.717, 1.165) is 37.0 Å². The Labute approximate surface area is 141 Å². The number of nitrogens with one attached hydrogen (secondary N) is 1. The molecular weight excluding hydrogens is 308 g/mol. The number of hydrogen-bond acceptors (Lipinski definition) is 2. The van der Waals surface area contributed by atoms with Crippen molar-refractivity contribution in [3.63, 3.8) is 0 Å². The molecule has 3 aliphatic rings. The molecule has 128 valence electrons. The van der Waals surface area contributed by atoms with E-state index in [9.17, 15) is 0 Å². The summed E-state index contributed by atoms with van der Waals surface area (Å²) in [6, 6.07) is 7.26. The predicted octanol–water partition coefficient (Wildman–Crippen LogP) is 4.65. The van der Waals surface area contributed by atoms with E-state index in [2.05, 4.69) is 5.32 Å². The largest absolute Gasteiger partial charge is 0.496 e. The number of benzene rings is 1. The molecule has 1 aromatic rings. The van der Waals surface area contributed by atoms with Gasteiger partial charge in [-0.05, 0) is 60.6 Å². The maximum atomic E-state index is 15.0. The summed E-state index contributed by atoms with van der Waals surface area (Å²) in [6.07, 6.45) is 6.84. The minimum absolute atomic E-state index is 0.0103. The summed E-state index contributed by atoms with van der Waals surface area (Å²) >= 11 is 0. The number of alkyl halides is 2. The van der Waals surface area contributed by atoms with Crippen LogP contribution in [0.3, 0.4) is 0 Å². The Morgan fingerprint density at radius 2 is 1.92 bits per heavy atom. The van der Waals surface area contributed by atoms with Crippen molar-refractivity contribution in [1.82, 2.24) is 5.32 Å². The second kappa shape index (κ2) is 5.91. The summed E-state index contributed by atoms with van der Waals surface area (Å²) in [5.41, 5.74) is 2.73. The van der Waals surface area contributed by atoms with Gasteiger partial charge in [-0.15, -0.1) is 0 Å². The summed E-state index contributed by atoms with van der Waals surface area (Å²) in [4.78, 5) is 0. The van der Waals surface area contributed by atoms with Crippen LogP contribution >= 0.6 is 0 Å². The molecular formula is C20H23F2NO. The van der Waals surface area contributed by atoms with Gasteiger partial charge in [0.2, 0.25) is 0 Å². The van der Waals surface area contributed by atoms with Crippen LogP contribution in [0.2, 0.25) is 0 Å². The van der Waals surface area contributed by atoms with Crippen molar-refractivity contribution >= 4 is 0 Å². The van der Waals surface area contributed by atoms with Crippen LogP contribution in [-0.2, 0) is 0 Å². The van der Waals surface area contributed by atoms with E-state index in [1.54, 1.807) is 19.2 Å². The molecule has 0 radical (unpaired) electrons. The van der Waals surface area contributed by atoms with Gasteiger partial charge in [0, 0.05) is 18.5 Å². The highest BCUT2D eigenvalue weighted by atomic mass is 19.3. The van der Waals surface area contributed by atoms with Crippen LogP contribution in [0.15, 0.2) is 47.7 Å². The summed E-state index contributed by atoms with van der Waals surface area (Å²) < 4.78 is 35.5. The van der Waals surface area contributed by atoms with Crippen molar-refractivity contribution in [1.29, 1.82) is 0 Å². The third-order valence-electron chi connectivity index (χ3n) is 5.80. The fraction of sp³-hybridized carbons (Fsp3) is 0.500. The van der Waals surface area contributed by atoms with Gasteiger partial charge >= 0.3 is 0 Å². The molecule has 3 unspecified atom stereocenters. The Bertz CT molecular complexity index is 695. The highest BCUT2D eigenvalue weighted by Crippen LogP contribution is 2.59. The molecule has 2 aliphatic carbocycles. The molecule has 24 heavy (non-hydrogen) atoms. The number of halogens is 2. The average molecular weight is 331 g/mol. The van der Waals surface area contributed by atoms with Crippen molar-refractivity contribution in [2.45, 2.75) is 37.5 Å². The van der Waals surface area contributed by atoms with Crippen molar-refractivity contribution in [3.8, 4) is 5.75 Å². The lowest BCUT2D eigenvalue weighted by atomic mass is 9.73. The molecule has 1 heterocycles. The maximum absolute atomic E-state index is 15.0. The lowest BCUT2D eigenvalue weighted by Crippen LogP contribution is -2.23.